The molecule has 0 saturated carbocycles. The molecule has 0 aliphatic heterocycles. The third-order valence-corrected chi connectivity index (χ3v) is 3.25. The Hall–Kier alpha value is -1.32. The van der Waals surface area contributed by atoms with E-state index in [1.54, 1.807) is 0 Å². The van der Waals surface area contributed by atoms with Gasteiger partial charge in [0.25, 0.3) is 0 Å². The molecule has 0 spiro atoms. The number of ether oxygens (including phenoxy) is 1. The molecule has 0 aliphatic rings. The van der Waals surface area contributed by atoms with Crippen molar-refractivity contribution in [3.63, 3.8) is 0 Å². The van der Waals surface area contributed by atoms with E-state index in [1.807, 2.05) is 6.92 Å². The molecule has 0 bridgehead atoms. The van der Waals surface area contributed by atoms with Crippen LogP contribution in [-0.2, 0) is 6.42 Å². The number of anilines is 1. The van der Waals surface area contributed by atoms with Gasteiger partial charge in [0.15, 0.2) is 0 Å². The lowest BCUT2D eigenvalue weighted by Gasteiger charge is -2.19. The average molecular weight is 293 g/mol. The number of hydrogen-bond acceptors (Lipinski definition) is 4. The molecule has 1 aromatic rings. The molecule has 0 saturated heterocycles. The third-order valence-electron chi connectivity index (χ3n) is 3.25. The molecule has 4 heteroatoms. The fourth-order valence-electron chi connectivity index (χ4n) is 1.89. The highest BCUT2D eigenvalue weighted by molar-refractivity contribution is 5.48. The molecule has 1 N–H and O–H groups in total. The Morgan fingerprint density at radius 3 is 2.38 bits per heavy atom. The molecule has 0 aromatic carbocycles. The third kappa shape index (κ3) is 6.32. The summed E-state index contributed by atoms with van der Waals surface area (Å²) in [6.07, 6.45) is 4.01. The predicted octanol–water partition coefficient (Wildman–Crippen LogP) is 4.37. The molecule has 4 nitrogen and oxygen atoms in total. The van der Waals surface area contributed by atoms with E-state index in [-0.39, 0.29) is 5.41 Å². The van der Waals surface area contributed by atoms with Gasteiger partial charge in [0.05, 0.1) is 12.2 Å². The summed E-state index contributed by atoms with van der Waals surface area (Å²) in [5.41, 5.74) is 1.29. The van der Waals surface area contributed by atoms with Gasteiger partial charge in [0, 0.05) is 13.0 Å². The van der Waals surface area contributed by atoms with Crippen LogP contribution in [0.15, 0.2) is 0 Å². The van der Waals surface area contributed by atoms with Crippen LogP contribution >= 0.6 is 0 Å². The fourth-order valence-corrected chi connectivity index (χ4v) is 1.89. The van der Waals surface area contributed by atoms with E-state index in [0.29, 0.717) is 6.61 Å². The number of rotatable bonds is 8. The highest BCUT2D eigenvalue weighted by Gasteiger charge is 2.14. The van der Waals surface area contributed by atoms with Crippen LogP contribution in [0.1, 0.15) is 65.3 Å². The van der Waals surface area contributed by atoms with Crippen LogP contribution in [0.5, 0.6) is 5.88 Å². The molecule has 0 amide bonds. The molecule has 21 heavy (non-hydrogen) atoms. The second-order valence-electron chi connectivity index (χ2n) is 6.75. The topological polar surface area (TPSA) is 47.0 Å². The van der Waals surface area contributed by atoms with Gasteiger partial charge in [-0.05, 0) is 31.6 Å². The monoisotopic (exact) mass is 293 g/mol. The lowest BCUT2D eigenvalue weighted by Crippen LogP contribution is -2.14. The summed E-state index contributed by atoms with van der Waals surface area (Å²) in [6, 6.07) is 0. The van der Waals surface area contributed by atoms with Crippen LogP contribution in [-0.4, -0.2) is 23.1 Å². The summed E-state index contributed by atoms with van der Waals surface area (Å²) in [7, 11) is 0. The van der Waals surface area contributed by atoms with Crippen LogP contribution in [0.3, 0.4) is 0 Å². The van der Waals surface area contributed by atoms with Crippen molar-refractivity contribution in [2.24, 2.45) is 5.41 Å². The van der Waals surface area contributed by atoms with E-state index in [2.05, 4.69) is 49.9 Å². The van der Waals surface area contributed by atoms with Gasteiger partial charge in [-0.15, -0.1) is 0 Å². The van der Waals surface area contributed by atoms with Crippen molar-refractivity contribution < 1.29 is 4.74 Å². The average Bonchev–Trinajstić information content (AvgIpc) is 2.39. The maximum absolute atomic E-state index is 5.93. The summed E-state index contributed by atoms with van der Waals surface area (Å²) < 4.78 is 5.93. The number of hydrogen-bond donors (Lipinski definition) is 1. The van der Waals surface area contributed by atoms with Gasteiger partial charge in [0.2, 0.25) is 5.88 Å². The van der Waals surface area contributed by atoms with Gasteiger partial charge in [-0.2, -0.15) is 4.98 Å². The second kappa shape index (κ2) is 8.20. The zero-order valence-electron chi connectivity index (χ0n) is 14.5. The maximum Gasteiger partial charge on any atom is 0.221 e. The minimum absolute atomic E-state index is 0.274. The Morgan fingerprint density at radius 2 is 1.81 bits per heavy atom. The van der Waals surface area contributed by atoms with Crippen molar-refractivity contribution >= 4 is 5.82 Å². The zero-order chi connectivity index (χ0) is 15.9. The SMILES string of the molecule is CCCNc1nc(CCC)nc(OCCC(C)(C)C)c1C. The van der Waals surface area contributed by atoms with Gasteiger partial charge in [-0.3, -0.25) is 0 Å². The lowest BCUT2D eigenvalue weighted by molar-refractivity contribution is 0.234. The van der Waals surface area contributed by atoms with Crippen molar-refractivity contribution in [1.82, 2.24) is 9.97 Å². The highest BCUT2D eigenvalue weighted by Crippen LogP contribution is 2.24. The Kier molecular flexibility index (Phi) is 6.93. The predicted molar refractivity (Wildman–Crippen MR) is 89.1 cm³/mol. The molecule has 1 rings (SSSR count). The number of nitrogens with zero attached hydrogens (tertiary/aromatic N) is 2. The first-order valence-electron chi connectivity index (χ1n) is 8.11. The molecule has 0 radical (unpaired) electrons. The van der Waals surface area contributed by atoms with Crippen molar-refractivity contribution in [3.05, 3.63) is 11.4 Å². The van der Waals surface area contributed by atoms with Gasteiger partial charge < -0.3 is 10.1 Å². The number of nitrogens with one attached hydrogen (secondary N) is 1. The summed E-state index contributed by atoms with van der Waals surface area (Å²) in [6.45, 7) is 14.6. The van der Waals surface area contributed by atoms with E-state index in [9.17, 15) is 0 Å². The Labute approximate surface area is 129 Å². The minimum Gasteiger partial charge on any atom is -0.477 e. The molecule has 0 fully saturated rings. The van der Waals surface area contributed by atoms with E-state index >= 15 is 0 Å². The Bertz CT molecular complexity index is 438. The molecule has 120 valence electrons. The van der Waals surface area contributed by atoms with Gasteiger partial charge in [-0.25, -0.2) is 4.98 Å². The largest absolute Gasteiger partial charge is 0.477 e. The Morgan fingerprint density at radius 1 is 1.10 bits per heavy atom. The number of aromatic nitrogens is 2. The summed E-state index contributed by atoms with van der Waals surface area (Å²) >= 11 is 0. The van der Waals surface area contributed by atoms with Crippen molar-refractivity contribution in [3.8, 4) is 5.88 Å². The van der Waals surface area contributed by atoms with Crippen LogP contribution in [0.4, 0.5) is 5.82 Å². The first-order valence-corrected chi connectivity index (χ1v) is 8.11. The lowest BCUT2D eigenvalue weighted by atomic mass is 9.93. The quantitative estimate of drug-likeness (QED) is 0.773. The van der Waals surface area contributed by atoms with Crippen molar-refractivity contribution in [2.45, 2.75) is 67.2 Å². The van der Waals surface area contributed by atoms with Gasteiger partial charge >= 0.3 is 0 Å². The van der Waals surface area contributed by atoms with E-state index in [4.69, 9.17) is 4.74 Å². The smallest absolute Gasteiger partial charge is 0.221 e. The van der Waals surface area contributed by atoms with Crippen molar-refractivity contribution in [1.29, 1.82) is 0 Å². The summed E-state index contributed by atoms with van der Waals surface area (Å²) in [5.74, 6) is 2.52. The summed E-state index contributed by atoms with van der Waals surface area (Å²) in [5, 5.41) is 3.38. The van der Waals surface area contributed by atoms with E-state index in [1.165, 1.54) is 0 Å². The number of aryl methyl sites for hydroxylation is 1. The first kappa shape index (κ1) is 17.7. The molecule has 0 atom stereocenters. The van der Waals surface area contributed by atoms with Crippen LogP contribution in [0.25, 0.3) is 0 Å². The van der Waals surface area contributed by atoms with Crippen molar-refractivity contribution in [2.75, 3.05) is 18.5 Å². The minimum atomic E-state index is 0.274. The van der Waals surface area contributed by atoms with Crippen LogP contribution in [0.2, 0.25) is 0 Å². The second-order valence-corrected chi connectivity index (χ2v) is 6.75. The first-order chi connectivity index (χ1) is 9.87. The fraction of sp³-hybridized carbons (Fsp3) is 0.765. The molecule has 1 aromatic heterocycles. The maximum atomic E-state index is 5.93. The molecule has 1 heterocycles. The molecular weight excluding hydrogens is 262 g/mol. The standard InChI is InChI=1S/C17H31N3O/c1-7-9-14-19-15(18-11-8-2)13(3)16(20-14)21-12-10-17(4,5)6/h7-12H2,1-6H3,(H,18,19,20). The highest BCUT2D eigenvalue weighted by atomic mass is 16.5. The van der Waals surface area contributed by atoms with Gasteiger partial charge in [0.1, 0.15) is 11.6 Å². The molecular formula is C17H31N3O. The Balaban J connectivity index is 2.86. The summed E-state index contributed by atoms with van der Waals surface area (Å²) in [4.78, 5) is 9.19. The molecule has 0 unspecified atom stereocenters. The van der Waals surface area contributed by atoms with E-state index < -0.39 is 0 Å². The van der Waals surface area contributed by atoms with Crippen LogP contribution < -0.4 is 10.1 Å². The van der Waals surface area contributed by atoms with Gasteiger partial charge in [-0.1, -0.05) is 34.6 Å². The van der Waals surface area contributed by atoms with Crippen LogP contribution in [0, 0.1) is 12.3 Å². The molecule has 0 aliphatic carbocycles. The van der Waals surface area contributed by atoms with E-state index in [0.717, 1.165) is 55.3 Å². The normalized spacial score (nSPS) is 11.5. The zero-order valence-corrected chi connectivity index (χ0v) is 14.5.